The molecule has 0 spiro atoms. The van der Waals surface area contributed by atoms with E-state index < -0.39 is 0 Å². The fourth-order valence-electron chi connectivity index (χ4n) is 2.77. The molecule has 1 aliphatic rings. The topological polar surface area (TPSA) is 58.6 Å². The molecule has 3 rings (SSSR count). The maximum Gasteiger partial charge on any atom is 0.254 e. The quantitative estimate of drug-likeness (QED) is 0.862. The maximum absolute atomic E-state index is 12.4. The normalized spacial score (nSPS) is 14.4. The highest BCUT2D eigenvalue weighted by atomic mass is 16.5. The van der Waals surface area contributed by atoms with Crippen LogP contribution in [0, 0.1) is 6.92 Å². The molecule has 134 valence electrons. The lowest BCUT2D eigenvalue weighted by molar-refractivity contribution is -0.111. The Kier molecular flexibility index (Phi) is 5.81. The SMILES string of the molecule is Cc1cccc(C=CC(=O)Nc2ccc(C(=O)N3CCOCC3)cc2)c1. The van der Waals surface area contributed by atoms with E-state index in [1.807, 2.05) is 31.2 Å². The zero-order valence-electron chi connectivity index (χ0n) is 14.8. The van der Waals surface area contributed by atoms with Crippen LogP contribution in [0.5, 0.6) is 0 Å². The van der Waals surface area contributed by atoms with E-state index in [-0.39, 0.29) is 11.8 Å². The molecule has 0 saturated carbocycles. The number of nitrogens with zero attached hydrogens (tertiary/aromatic N) is 1. The monoisotopic (exact) mass is 350 g/mol. The van der Waals surface area contributed by atoms with Crippen LogP contribution < -0.4 is 5.32 Å². The van der Waals surface area contributed by atoms with E-state index in [4.69, 9.17) is 4.74 Å². The van der Waals surface area contributed by atoms with Crippen molar-refractivity contribution in [3.8, 4) is 0 Å². The number of carbonyl (C=O) groups excluding carboxylic acids is 2. The van der Waals surface area contributed by atoms with Gasteiger partial charge in [0.15, 0.2) is 0 Å². The van der Waals surface area contributed by atoms with Gasteiger partial charge in [0.25, 0.3) is 5.91 Å². The summed E-state index contributed by atoms with van der Waals surface area (Å²) in [5, 5.41) is 2.80. The van der Waals surface area contributed by atoms with Crippen LogP contribution in [0.25, 0.3) is 6.08 Å². The van der Waals surface area contributed by atoms with Crippen LogP contribution in [0.1, 0.15) is 21.5 Å². The molecule has 0 aliphatic carbocycles. The van der Waals surface area contributed by atoms with Crippen LogP contribution in [-0.4, -0.2) is 43.0 Å². The van der Waals surface area contributed by atoms with Crippen molar-refractivity contribution in [1.82, 2.24) is 4.90 Å². The molecule has 0 unspecified atom stereocenters. The lowest BCUT2D eigenvalue weighted by Crippen LogP contribution is -2.40. The molecule has 5 nitrogen and oxygen atoms in total. The van der Waals surface area contributed by atoms with Crippen molar-refractivity contribution in [3.63, 3.8) is 0 Å². The number of rotatable bonds is 4. The number of amides is 2. The van der Waals surface area contributed by atoms with Gasteiger partial charge < -0.3 is 15.0 Å². The van der Waals surface area contributed by atoms with Gasteiger partial charge in [0.05, 0.1) is 13.2 Å². The summed E-state index contributed by atoms with van der Waals surface area (Å²) in [7, 11) is 0. The van der Waals surface area contributed by atoms with Gasteiger partial charge in [-0.3, -0.25) is 9.59 Å². The van der Waals surface area contributed by atoms with Gasteiger partial charge in [-0.05, 0) is 42.8 Å². The molecule has 26 heavy (non-hydrogen) atoms. The van der Waals surface area contributed by atoms with Crippen LogP contribution in [0.15, 0.2) is 54.6 Å². The average Bonchev–Trinajstić information content (AvgIpc) is 2.67. The molecule has 1 heterocycles. The highest BCUT2D eigenvalue weighted by Gasteiger charge is 2.18. The fraction of sp³-hybridized carbons (Fsp3) is 0.238. The van der Waals surface area contributed by atoms with Crippen molar-refractivity contribution in [2.75, 3.05) is 31.6 Å². The first kappa shape index (κ1) is 17.9. The van der Waals surface area contributed by atoms with E-state index >= 15 is 0 Å². The number of morpholine rings is 1. The Morgan fingerprint density at radius 1 is 1.08 bits per heavy atom. The van der Waals surface area contributed by atoms with Gasteiger partial charge in [0.1, 0.15) is 0 Å². The van der Waals surface area contributed by atoms with E-state index in [1.54, 1.807) is 35.2 Å². The molecule has 0 bridgehead atoms. The molecule has 0 radical (unpaired) electrons. The third-order valence-corrected chi connectivity index (χ3v) is 4.17. The van der Waals surface area contributed by atoms with Gasteiger partial charge in [-0.2, -0.15) is 0 Å². The second kappa shape index (κ2) is 8.45. The third kappa shape index (κ3) is 4.80. The zero-order chi connectivity index (χ0) is 18.4. The fourth-order valence-corrected chi connectivity index (χ4v) is 2.77. The molecule has 1 N–H and O–H groups in total. The predicted molar refractivity (Wildman–Crippen MR) is 102 cm³/mol. The van der Waals surface area contributed by atoms with Gasteiger partial charge in [-0.25, -0.2) is 0 Å². The average molecular weight is 350 g/mol. The predicted octanol–water partition coefficient (Wildman–Crippen LogP) is 3.12. The Bertz CT molecular complexity index is 806. The molecule has 1 aliphatic heterocycles. The van der Waals surface area contributed by atoms with Gasteiger partial charge in [-0.15, -0.1) is 0 Å². The summed E-state index contributed by atoms with van der Waals surface area (Å²) in [6, 6.07) is 14.9. The summed E-state index contributed by atoms with van der Waals surface area (Å²) >= 11 is 0. The number of hydrogen-bond acceptors (Lipinski definition) is 3. The van der Waals surface area contributed by atoms with Crippen molar-refractivity contribution >= 4 is 23.6 Å². The zero-order valence-corrected chi connectivity index (χ0v) is 14.8. The number of nitrogens with one attached hydrogen (secondary N) is 1. The number of carbonyl (C=O) groups is 2. The Balaban J connectivity index is 1.58. The Hall–Kier alpha value is -2.92. The number of hydrogen-bond donors (Lipinski definition) is 1. The van der Waals surface area contributed by atoms with Crippen molar-refractivity contribution in [1.29, 1.82) is 0 Å². The summed E-state index contributed by atoms with van der Waals surface area (Å²) in [6.45, 7) is 4.39. The summed E-state index contributed by atoms with van der Waals surface area (Å²) < 4.78 is 5.26. The van der Waals surface area contributed by atoms with Crippen LogP contribution in [0.3, 0.4) is 0 Å². The second-order valence-corrected chi connectivity index (χ2v) is 6.22. The first-order valence-corrected chi connectivity index (χ1v) is 8.65. The summed E-state index contributed by atoms with van der Waals surface area (Å²) in [5.74, 6) is -0.218. The number of ether oxygens (including phenoxy) is 1. The molecular weight excluding hydrogens is 328 g/mol. The minimum Gasteiger partial charge on any atom is -0.378 e. The first-order valence-electron chi connectivity index (χ1n) is 8.65. The Morgan fingerprint density at radius 3 is 2.50 bits per heavy atom. The largest absolute Gasteiger partial charge is 0.378 e. The first-order chi connectivity index (χ1) is 12.6. The summed E-state index contributed by atoms with van der Waals surface area (Å²) in [4.78, 5) is 26.2. The van der Waals surface area contributed by atoms with Crippen LogP contribution in [-0.2, 0) is 9.53 Å². The van der Waals surface area contributed by atoms with E-state index in [0.717, 1.165) is 11.1 Å². The summed E-state index contributed by atoms with van der Waals surface area (Å²) in [6.07, 6.45) is 3.28. The van der Waals surface area contributed by atoms with E-state index in [1.165, 1.54) is 6.08 Å². The lowest BCUT2D eigenvalue weighted by atomic mass is 10.1. The van der Waals surface area contributed by atoms with Crippen LogP contribution in [0.4, 0.5) is 5.69 Å². The van der Waals surface area contributed by atoms with Crippen molar-refractivity contribution in [3.05, 3.63) is 71.3 Å². The Labute approximate surface area is 153 Å². The van der Waals surface area contributed by atoms with Gasteiger partial charge in [-0.1, -0.05) is 29.8 Å². The van der Waals surface area contributed by atoms with Crippen molar-refractivity contribution in [2.24, 2.45) is 0 Å². The van der Waals surface area contributed by atoms with Gasteiger partial charge in [0.2, 0.25) is 5.91 Å². The number of benzene rings is 2. The van der Waals surface area contributed by atoms with Gasteiger partial charge in [0, 0.05) is 30.4 Å². The Morgan fingerprint density at radius 2 is 1.81 bits per heavy atom. The van der Waals surface area contributed by atoms with Gasteiger partial charge >= 0.3 is 0 Å². The second-order valence-electron chi connectivity index (χ2n) is 6.22. The summed E-state index contributed by atoms with van der Waals surface area (Å²) in [5.41, 5.74) is 3.39. The molecule has 2 amide bonds. The number of anilines is 1. The lowest BCUT2D eigenvalue weighted by Gasteiger charge is -2.26. The van der Waals surface area contributed by atoms with Crippen molar-refractivity contribution in [2.45, 2.75) is 6.92 Å². The minimum atomic E-state index is -0.209. The molecule has 2 aromatic rings. The molecular formula is C21H22N2O3. The third-order valence-electron chi connectivity index (χ3n) is 4.17. The van der Waals surface area contributed by atoms with E-state index in [9.17, 15) is 9.59 Å². The minimum absolute atomic E-state index is 0.00878. The highest BCUT2D eigenvalue weighted by molar-refractivity contribution is 6.02. The smallest absolute Gasteiger partial charge is 0.254 e. The van der Waals surface area contributed by atoms with Crippen LogP contribution >= 0.6 is 0 Å². The molecule has 1 fully saturated rings. The van der Waals surface area contributed by atoms with E-state index in [0.29, 0.717) is 37.6 Å². The standard InChI is InChI=1S/C21H22N2O3/c1-16-3-2-4-17(15-16)5-10-20(24)22-19-8-6-18(7-9-19)21(25)23-11-13-26-14-12-23/h2-10,15H,11-14H2,1H3,(H,22,24). The molecule has 5 heteroatoms. The molecule has 2 aromatic carbocycles. The highest BCUT2D eigenvalue weighted by Crippen LogP contribution is 2.13. The van der Waals surface area contributed by atoms with E-state index in [2.05, 4.69) is 5.32 Å². The molecule has 0 atom stereocenters. The van der Waals surface area contributed by atoms with Crippen LogP contribution in [0.2, 0.25) is 0 Å². The molecule has 0 aromatic heterocycles. The van der Waals surface area contributed by atoms with Crippen molar-refractivity contribution < 1.29 is 14.3 Å². The maximum atomic E-state index is 12.4. The molecule has 1 saturated heterocycles. The number of aryl methyl sites for hydroxylation is 1.